The van der Waals surface area contributed by atoms with E-state index in [-0.39, 0.29) is 5.57 Å². The van der Waals surface area contributed by atoms with Crippen molar-refractivity contribution in [2.75, 3.05) is 12.4 Å². The number of hydrazone groups is 1. The summed E-state index contributed by atoms with van der Waals surface area (Å²) in [4.78, 5) is 39.5. The Hall–Kier alpha value is -4.03. The largest absolute Gasteiger partial charge is 0.497 e. The van der Waals surface area contributed by atoms with Gasteiger partial charge in [0.15, 0.2) is 0 Å². The van der Waals surface area contributed by atoms with E-state index in [4.69, 9.17) is 4.74 Å². The fraction of sp³-hybridized carbons (Fsp3) is 0.0526. The SMILES string of the molecule is COc1cccc(NC(=O)C(=O)NN=C=C2C=c3ccccc3=NC2=O)c1. The number of methoxy groups -OCH3 is 1. The molecule has 2 aromatic rings. The van der Waals surface area contributed by atoms with Crippen LogP contribution in [-0.4, -0.2) is 30.7 Å². The van der Waals surface area contributed by atoms with Gasteiger partial charge in [-0.15, -0.1) is 5.10 Å². The highest BCUT2D eigenvalue weighted by molar-refractivity contribution is 6.39. The number of carbonyl (C=O) groups excluding carboxylic acids is 3. The van der Waals surface area contributed by atoms with Crippen LogP contribution in [0.2, 0.25) is 0 Å². The van der Waals surface area contributed by atoms with Gasteiger partial charge in [0.2, 0.25) is 0 Å². The van der Waals surface area contributed by atoms with Crippen molar-refractivity contribution in [3.8, 4) is 5.75 Å². The summed E-state index contributed by atoms with van der Waals surface area (Å²) in [5, 5.41) is 7.22. The molecule has 1 aliphatic rings. The minimum absolute atomic E-state index is 0.0715. The first-order valence-electron chi connectivity index (χ1n) is 7.85. The van der Waals surface area contributed by atoms with Gasteiger partial charge in [-0.2, -0.15) is 0 Å². The molecule has 0 atom stereocenters. The number of benzene rings is 2. The number of para-hydroxylation sites is 1. The Labute approximate surface area is 153 Å². The van der Waals surface area contributed by atoms with Crippen LogP contribution >= 0.6 is 0 Å². The molecule has 1 heterocycles. The molecule has 0 fully saturated rings. The van der Waals surface area contributed by atoms with Crippen LogP contribution in [0, 0.1) is 0 Å². The lowest BCUT2D eigenvalue weighted by Gasteiger charge is -2.05. The molecule has 1 aliphatic heterocycles. The summed E-state index contributed by atoms with van der Waals surface area (Å²) >= 11 is 0. The van der Waals surface area contributed by atoms with E-state index in [1.165, 1.54) is 7.11 Å². The Balaban J connectivity index is 1.69. The molecule has 0 saturated carbocycles. The van der Waals surface area contributed by atoms with E-state index in [1.807, 2.05) is 5.43 Å². The fourth-order valence-corrected chi connectivity index (χ4v) is 2.26. The highest BCUT2D eigenvalue weighted by atomic mass is 16.5. The molecule has 3 rings (SSSR count). The normalized spacial score (nSPS) is 11.9. The summed E-state index contributed by atoms with van der Waals surface area (Å²) in [6.45, 7) is 0. The standard InChI is InChI=1S/C19H14N4O4/c1-27-15-7-4-6-14(10-15)21-18(25)19(26)23-20-11-13-9-12-5-2-3-8-16(12)22-17(13)24/h2-10H,1H3,(H,21,25)(H,23,26). The number of rotatable bonds is 3. The summed E-state index contributed by atoms with van der Waals surface area (Å²) in [5.41, 5.74) is 2.48. The fourth-order valence-electron chi connectivity index (χ4n) is 2.26. The van der Waals surface area contributed by atoms with E-state index >= 15 is 0 Å². The van der Waals surface area contributed by atoms with E-state index < -0.39 is 17.7 Å². The Bertz CT molecular complexity index is 1110. The van der Waals surface area contributed by atoms with Crippen molar-refractivity contribution in [1.82, 2.24) is 5.43 Å². The third-order valence-corrected chi connectivity index (χ3v) is 3.56. The molecule has 8 nitrogen and oxygen atoms in total. The predicted molar refractivity (Wildman–Crippen MR) is 97.4 cm³/mol. The van der Waals surface area contributed by atoms with Gasteiger partial charge in [-0.25, -0.2) is 10.4 Å². The van der Waals surface area contributed by atoms with E-state index in [0.29, 0.717) is 16.8 Å². The van der Waals surface area contributed by atoms with Gasteiger partial charge in [0.1, 0.15) is 11.3 Å². The maximum atomic E-state index is 11.9. The number of fused-ring (bicyclic) bond motifs is 1. The maximum Gasteiger partial charge on any atom is 0.330 e. The second-order valence-corrected chi connectivity index (χ2v) is 5.38. The van der Waals surface area contributed by atoms with Crippen LogP contribution in [0.15, 0.2) is 64.2 Å². The number of hydrogen-bond acceptors (Lipinski definition) is 5. The summed E-state index contributed by atoms with van der Waals surface area (Å²) in [7, 11) is 1.49. The lowest BCUT2D eigenvalue weighted by molar-refractivity contribution is -0.136. The summed E-state index contributed by atoms with van der Waals surface area (Å²) in [6, 6.07) is 13.6. The zero-order chi connectivity index (χ0) is 19.2. The highest BCUT2D eigenvalue weighted by Gasteiger charge is 2.14. The number of ether oxygens (including phenoxy) is 1. The maximum absolute atomic E-state index is 11.9. The molecular formula is C19H14N4O4. The summed E-state index contributed by atoms with van der Waals surface area (Å²) < 4.78 is 5.04. The zero-order valence-electron chi connectivity index (χ0n) is 14.2. The molecule has 0 aliphatic carbocycles. The average molecular weight is 362 g/mol. The number of amides is 3. The summed E-state index contributed by atoms with van der Waals surface area (Å²) in [5.74, 6) is 0.459. The van der Waals surface area contributed by atoms with Crippen molar-refractivity contribution >= 4 is 35.4 Å². The number of anilines is 1. The average Bonchev–Trinajstić information content (AvgIpc) is 2.68. The monoisotopic (exact) mass is 362 g/mol. The Kier molecular flexibility index (Phi) is 5.20. The molecule has 0 spiro atoms. The van der Waals surface area contributed by atoms with Gasteiger partial charge < -0.3 is 10.1 Å². The van der Waals surface area contributed by atoms with E-state index in [0.717, 1.165) is 5.22 Å². The Morgan fingerprint density at radius 2 is 1.93 bits per heavy atom. The lowest BCUT2D eigenvalue weighted by atomic mass is 10.1. The molecule has 0 bridgehead atoms. The minimum atomic E-state index is -1.01. The smallest absolute Gasteiger partial charge is 0.330 e. The van der Waals surface area contributed by atoms with E-state index in [2.05, 4.69) is 21.3 Å². The van der Waals surface area contributed by atoms with Gasteiger partial charge in [-0.3, -0.25) is 14.4 Å². The molecule has 0 unspecified atom stereocenters. The van der Waals surface area contributed by atoms with Gasteiger partial charge in [-0.05, 0) is 24.3 Å². The molecular weight excluding hydrogens is 348 g/mol. The van der Waals surface area contributed by atoms with Crippen molar-refractivity contribution in [2.45, 2.75) is 0 Å². The van der Waals surface area contributed by atoms with Crippen LogP contribution in [0.5, 0.6) is 5.75 Å². The zero-order valence-corrected chi connectivity index (χ0v) is 14.2. The number of hydrogen-bond donors (Lipinski definition) is 2. The van der Waals surface area contributed by atoms with E-state index in [1.54, 1.807) is 54.6 Å². The number of carbonyl (C=O) groups is 3. The molecule has 2 N–H and O–H groups in total. The van der Waals surface area contributed by atoms with Crippen molar-refractivity contribution in [3.63, 3.8) is 0 Å². The molecule has 2 aromatic carbocycles. The van der Waals surface area contributed by atoms with Crippen LogP contribution in [0.1, 0.15) is 0 Å². The van der Waals surface area contributed by atoms with Gasteiger partial charge in [0.25, 0.3) is 5.91 Å². The van der Waals surface area contributed by atoms with Crippen molar-refractivity contribution in [1.29, 1.82) is 0 Å². The minimum Gasteiger partial charge on any atom is -0.497 e. The molecule has 134 valence electrons. The van der Waals surface area contributed by atoms with Crippen molar-refractivity contribution < 1.29 is 19.1 Å². The molecule has 8 heteroatoms. The third-order valence-electron chi connectivity index (χ3n) is 3.56. The topological polar surface area (TPSA) is 109 Å². The first kappa shape index (κ1) is 17.8. The lowest BCUT2D eigenvalue weighted by Crippen LogP contribution is -2.32. The van der Waals surface area contributed by atoms with Crippen LogP contribution in [0.3, 0.4) is 0 Å². The Morgan fingerprint density at radius 1 is 1.11 bits per heavy atom. The van der Waals surface area contributed by atoms with Gasteiger partial charge in [0, 0.05) is 22.8 Å². The molecule has 27 heavy (non-hydrogen) atoms. The third kappa shape index (κ3) is 4.33. The first-order chi connectivity index (χ1) is 13.1. The quantitative estimate of drug-likeness (QED) is 0.344. The molecule has 0 saturated heterocycles. The van der Waals surface area contributed by atoms with Gasteiger partial charge in [0.05, 0.1) is 12.5 Å². The van der Waals surface area contributed by atoms with Crippen LogP contribution in [-0.2, 0) is 14.4 Å². The van der Waals surface area contributed by atoms with Crippen LogP contribution in [0.4, 0.5) is 5.69 Å². The van der Waals surface area contributed by atoms with Crippen molar-refractivity contribution in [2.24, 2.45) is 10.1 Å². The second kappa shape index (κ2) is 7.90. The molecule has 0 radical (unpaired) electrons. The van der Waals surface area contributed by atoms with Crippen LogP contribution < -0.4 is 26.1 Å². The predicted octanol–water partition coefficient (Wildman–Crippen LogP) is -0.0985. The second-order valence-electron chi connectivity index (χ2n) is 5.38. The van der Waals surface area contributed by atoms with E-state index in [9.17, 15) is 14.4 Å². The Morgan fingerprint density at radius 3 is 2.74 bits per heavy atom. The number of nitrogens with zero attached hydrogens (tertiary/aromatic N) is 2. The van der Waals surface area contributed by atoms with Gasteiger partial charge >= 0.3 is 11.8 Å². The molecule has 0 aromatic heterocycles. The highest BCUT2D eigenvalue weighted by Crippen LogP contribution is 2.16. The number of nitrogens with one attached hydrogen (secondary N) is 2. The van der Waals surface area contributed by atoms with Crippen LogP contribution in [0.25, 0.3) is 6.08 Å². The van der Waals surface area contributed by atoms with Gasteiger partial charge in [-0.1, -0.05) is 24.3 Å². The summed E-state index contributed by atoms with van der Waals surface area (Å²) in [6.07, 6.45) is 1.55. The first-order valence-corrected chi connectivity index (χ1v) is 7.85. The molecule has 3 amide bonds. The van der Waals surface area contributed by atoms with Crippen molar-refractivity contribution in [3.05, 3.63) is 64.7 Å².